The van der Waals surface area contributed by atoms with Gasteiger partial charge in [0.15, 0.2) is 0 Å². The summed E-state index contributed by atoms with van der Waals surface area (Å²) < 4.78 is 0. The van der Waals surface area contributed by atoms with Crippen molar-refractivity contribution in [3.63, 3.8) is 0 Å². The maximum atomic E-state index is 3.72. The first-order valence-electron chi connectivity index (χ1n) is 4.66. The number of nitrogens with one attached hydrogen (secondary N) is 1. The van der Waals surface area contributed by atoms with Crippen molar-refractivity contribution >= 4 is 0 Å². The van der Waals surface area contributed by atoms with Gasteiger partial charge in [0.05, 0.1) is 0 Å². The van der Waals surface area contributed by atoms with E-state index in [1.165, 1.54) is 32.4 Å². The first kappa shape index (κ1) is 7.56. The molecular weight excluding hydrogens is 136 g/mol. The summed E-state index contributed by atoms with van der Waals surface area (Å²) >= 11 is 0. The molecule has 64 valence electrons. The van der Waals surface area contributed by atoms with E-state index in [0.29, 0.717) is 5.54 Å². The highest BCUT2D eigenvalue weighted by molar-refractivity contribution is 5.02. The fraction of sp³-hybridized carbons (Fsp3) is 1.00. The summed E-state index contributed by atoms with van der Waals surface area (Å²) in [6.07, 6.45) is 4.11. The Labute approximate surface area is 69.0 Å². The highest BCUT2D eigenvalue weighted by Crippen LogP contribution is 2.31. The second kappa shape index (κ2) is 2.46. The molecule has 2 fully saturated rings. The average molecular weight is 154 g/mol. The van der Waals surface area contributed by atoms with E-state index in [-0.39, 0.29) is 0 Å². The predicted octanol–water partition coefficient (Wildman–Crippen LogP) is 0.833. The second-order valence-corrected chi connectivity index (χ2v) is 4.35. The highest BCUT2D eigenvalue weighted by Gasteiger charge is 2.40. The Bertz CT molecular complexity index is 138. The van der Waals surface area contributed by atoms with Crippen molar-refractivity contribution in [2.24, 2.45) is 0 Å². The minimum atomic E-state index is 0.508. The Kier molecular flexibility index (Phi) is 1.69. The lowest BCUT2D eigenvalue weighted by atomic mass is 9.97. The first-order valence-corrected chi connectivity index (χ1v) is 4.66. The van der Waals surface area contributed by atoms with Gasteiger partial charge in [-0.2, -0.15) is 0 Å². The third kappa shape index (κ3) is 1.30. The van der Waals surface area contributed by atoms with Crippen molar-refractivity contribution in [1.29, 1.82) is 0 Å². The quantitative estimate of drug-likeness (QED) is 0.556. The van der Waals surface area contributed by atoms with Crippen LogP contribution in [0.5, 0.6) is 0 Å². The van der Waals surface area contributed by atoms with Gasteiger partial charge in [-0.05, 0) is 39.8 Å². The lowest BCUT2D eigenvalue weighted by Gasteiger charge is -2.24. The van der Waals surface area contributed by atoms with E-state index in [4.69, 9.17) is 0 Å². The van der Waals surface area contributed by atoms with Gasteiger partial charge in [0.1, 0.15) is 0 Å². The van der Waals surface area contributed by atoms with Crippen LogP contribution in [0.2, 0.25) is 0 Å². The molecule has 2 heteroatoms. The SMILES string of the molecule is CC1CCC2(CCN(C)C2)N1. The smallest absolute Gasteiger partial charge is 0.0323 e. The van der Waals surface area contributed by atoms with Crippen molar-refractivity contribution < 1.29 is 0 Å². The van der Waals surface area contributed by atoms with Crippen LogP contribution >= 0.6 is 0 Å². The number of hydrogen-bond acceptors (Lipinski definition) is 2. The maximum absolute atomic E-state index is 3.72. The van der Waals surface area contributed by atoms with Crippen LogP contribution < -0.4 is 5.32 Å². The summed E-state index contributed by atoms with van der Waals surface area (Å²) in [4.78, 5) is 2.44. The molecule has 0 radical (unpaired) electrons. The van der Waals surface area contributed by atoms with Gasteiger partial charge in [-0.15, -0.1) is 0 Å². The van der Waals surface area contributed by atoms with E-state index in [2.05, 4.69) is 24.2 Å². The maximum Gasteiger partial charge on any atom is 0.0323 e. The Morgan fingerprint density at radius 2 is 2.27 bits per heavy atom. The minimum Gasteiger partial charge on any atom is -0.307 e. The summed E-state index contributed by atoms with van der Waals surface area (Å²) in [5, 5.41) is 3.72. The predicted molar refractivity (Wildman–Crippen MR) is 46.7 cm³/mol. The molecule has 2 aliphatic heterocycles. The van der Waals surface area contributed by atoms with Crippen molar-refractivity contribution in [2.75, 3.05) is 20.1 Å². The zero-order valence-electron chi connectivity index (χ0n) is 7.56. The molecule has 2 atom stereocenters. The topological polar surface area (TPSA) is 15.3 Å². The van der Waals surface area contributed by atoms with Gasteiger partial charge in [0, 0.05) is 18.1 Å². The van der Waals surface area contributed by atoms with Crippen LogP contribution in [0, 0.1) is 0 Å². The Balaban J connectivity index is 2.02. The van der Waals surface area contributed by atoms with Gasteiger partial charge in [0.2, 0.25) is 0 Å². The summed E-state index contributed by atoms with van der Waals surface area (Å²) in [5.41, 5.74) is 0.508. The molecule has 0 bridgehead atoms. The summed E-state index contributed by atoms with van der Waals surface area (Å²) in [7, 11) is 2.22. The molecule has 0 aromatic carbocycles. The van der Waals surface area contributed by atoms with Crippen molar-refractivity contribution in [3.8, 4) is 0 Å². The number of likely N-dealkylation sites (tertiary alicyclic amines) is 1. The summed E-state index contributed by atoms with van der Waals surface area (Å²) in [6, 6.07) is 0.751. The standard InChI is InChI=1S/C9H18N2/c1-8-3-4-9(10-8)5-6-11(2)7-9/h8,10H,3-7H2,1-2H3. The number of likely N-dealkylation sites (N-methyl/N-ethyl adjacent to an activating group) is 1. The Morgan fingerprint density at radius 1 is 1.45 bits per heavy atom. The third-order valence-corrected chi connectivity index (χ3v) is 3.15. The summed E-state index contributed by atoms with van der Waals surface area (Å²) in [6.45, 7) is 4.84. The molecule has 1 spiro atoms. The van der Waals surface area contributed by atoms with Gasteiger partial charge >= 0.3 is 0 Å². The van der Waals surface area contributed by atoms with Crippen LogP contribution in [0.15, 0.2) is 0 Å². The van der Waals surface area contributed by atoms with E-state index in [9.17, 15) is 0 Å². The molecule has 0 amide bonds. The lowest BCUT2D eigenvalue weighted by molar-refractivity contribution is 0.336. The normalized spacial score (nSPS) is 45.8. The first-order chi connectivity index (χ1) is 5.20. The fourth-order valence-electron chi connectivity index (χ4n) is 2.56. The molecule has 2 unspecified atom stereocenters. The number of nitrogens with zero attached hydrogens (tertiary/aromatic N) is 1. The zero-order valence-corrected chi connectivity index (χ0v) is 7.56. The third-order valence-electron chi connectivity index (χ3n) is 3.15. The highest BCUT2D eigenvalue weighted by atomic mass is 15.2. The van der Waals surface area contributed by atoms with Crippen molar-refractivity contribution in [2.45, 2.75) is 37.8 Å². The molecule has 0 aromatic rings. The van der Waals surface area contributed by atoms with Gasteiger partial charge in [-0.25, -0.2) is 0 Å². The van der Waals surface area contributed by atoms with Gasteiger partial charge in [-0.1, -0.05) is 0 Å². The molecule has 2 rings (SSSR count). The van der Waals surface area contributed by atoms with Crippen LogP contribution in [0.25, 0.3) is 0 Å². The monoisotopic (exact) mass is 154 g/mol. The molecule has 2 saturated heterocycles. The van der Waals surface area contributed by atoms with Crippen LogP contribution in [0.1, 0.15) is 26.2 Å². The largest absolute Gasteiger partial charge is 0.307 e. The zero-order chi connectivity index (χ0) is 7.90. The van der Waals surface area contributed by atoms with Crippen LogP contribution in [-0.4, -0.2) is 36.6 Å². The van der Waals surface area contributed by atoms with Gasteiger partial charge in [-0.3, -0.25) is 0 Å². The van der Waals surface area contributed by atoms with E-state index >= 15 is 0 Å². The number of rotatable bonds is 0. The minimum absolute atomic E-state index is 0.508. The second-order valence-electron chi connectivity index (χ2n) is 4.35. The molecule has 2 heterocycles. The van der Waals surface area contributed by atoms with E-state index in [1.807, 2.05) is 0 Å². The number of hydrogen-bond donors (Lipinski definition) is 1. The molecular formula is C9H18N2. The summed E-state index contributed by atoms with van der Waals surface area (Å²) in [5.74, 6) is 0. The molecule has 0 saturated carbocycles. The van der Waals surface area contributed by atoms with E-state index in [0.717, 1.165) is 6.04 Å². The van der Waals surface area contributed by atoms with Crippen LogP contribution in [0.3, 0.4) is 0 Å². The van der Waals surface area contributed by atoms with Crippen molar-refractivity contribution in [3.05, 3.63) is 0 Å². The van der Waals surface area contributed by atoms with E-state index < -0.39 is 0 Å². The molecule has 0 aromatic heterocycles. The van der Waals surface area contributed by atoms with Gasteiger partial charge in [0.25, 0.3) is 0 Å². The van der Waals surface area contributed by atoms with Crippen molar-refractivity contribution in [1.82, 2.24) is 10.2 Å². The van der Waals surface area contributed by atoms with E-state index in [1.54, 1.807) is 0 Å². The molecule has 2 aliphatic rings. The Hall–Kier alpha value is -0.0800. The molecule has 1 N–H and O–H groups in total. The fourth-order valence-corrected chi connectivity index (χ4v) is 2.56. The van der Waals surface area contributed by atoms with Crippen LogP contribution in [0.4, 0.5) is 0 Å². The van der Waals surface area contributed by atoms with Crippen LogP contribution in [-0.2, 0) is 0 Å². The molecule has 2 nitrogen and oxygen atoms in total. The lowest BCUT2D eigenvalue weighted by Crippen LogP contribution is -2.44. The average Bonchev–Trinajstić information content (AvgIpc) is 2.44. The molecule has 0 aliphatic carbocycles. The van der Waals surface area contributed by atoms with Gasteiger partial charge < -0.3 is 10.2 Å². The molecule has 11 heavy (non-hydrogen) atoms. The Morgan fingerprint density at radius 3 is 2.73 bits per heavy atom.